The third-order valence-electron chi connectivity index (χ3n) is 2.69. The Balaban J connectivity index is 1.69. The van der Waals surface area contributed by atoms with Crippen molar-refractivity contribution in [3.05, 3.63) is 12.2 Å². The molecule has 3 unspecified atom stereocenters. The van der Waals surface area contributed by atoms with E-state index in [-0.39, 0.29) is 18.3 Å². The molecular formula is C10H16O3. The number of hydrogen-bond donors (Lipinski definition) is 1. The van der Waals surface area contributed by atoms with Crippen LogP contribution in [0.15, 0.2) is 12.2 Å². The number of aliphatic hydroxyl groups excluding tert-OH is 1. The van der Waals surface area contributed by atoms with Gasteiger partial charge in [0.15, 0.2) is 0 Å². The van der Waals surface area contributed by atoms with Crippen LogP contribution in [0.1, 0.15) is 32.1 Å². The summed E-state index contributed by atoms with van der Waals surface area (Å²) < 4.78 is 0. The quantitative estimate of drug-likeness (QED) is 0.411. The number of hydrogen-bond acceptors (Lipinski definition) is 3. The minimum Gasteiger partial charge on any atom is -0.390 e. The summed E-state index contributed by atoms with van der Waals surface area (Å²) in [5, 5.41) is 9.44. The molecule has 3 atom stereocenters. The van der Waals surface area contributed by atoms with Crippen LogP contribution in [0.3, 0.4) is 0 Å². The normalized spacial score (nSPS) is 38.7. The van der Waals surface area contributed by atoms with Gasteiger partial charge in [0.05, 0.1) is 6.10 Å². The molecule has 0 aromatic carbocycles. The molecule has 1 saturated carbocycles. The summed E-state index contributed by atoms with van der Waals surface area (Å²) in [4.78, 5) is 10.4. The van der Waals surface area contributed by atoms with Crippen molar-refractivity contribution in [2.45, 2.75) is 50.4 Å². The Hall–Kier alpha value is -0.380. The summed E-state index contributed by atoms with van der Waals surface area (Å²) in [6, 6.07) is 0. The van der Waals surface area contributed by atoms with E-state index in [2.05, 4.69) is 6.08 Å². The maximum atomic E-state index is 9.44. The van der Waals surface area contributed by atoms with Crippen molar-refractivity contribution in [1.29, 1.82) is 0 Å². The van der Waals surface area contributed by atoms with E-state index in [1.54, 1.807) is 0 Å². The Morgan fingerprint density at radius 1 is 1.15 bits per heavy atom. The zero-order chi connectivity index (χ0) is 9.10. The van der Waals surface area contributed by atoms with E-state index in [1.807, 2.05) is 6.08 Å². The minimum absolute atomic E-state index is 0.103. The van der Waals surface area contributed by atoms with Gasteiger partial charge >= 0.3 is 0 Å². The topological polar surface area (TPSA) is 38.7 Å². The summed E-state index contributed by atoms with van der Waals surface area (Å²) in [5.41, 5.74) is 0. The highest BCUT2D eigenvalue weighted by Crippen LogP contribution is 2.23. The zero-order valence-corrected chi connectivity index (χ0v) is 7.69. The second-order valence-corrected chi connectivity index (χ2v) is 3.77. The highest BCUT2D eigenvalue weighted by molar-refractivity contribution is 4.96. The molecule has 2 rings (SSSR count). The molecule has 0 aromatic heterocycles. The van der Waals surface area contributed by atoms with Crippen molar-refractivity contribution in [2.75, 3.05) is 0 Å². The number of rotatable bonds is 3. The second kappa shape index (κ2) is 4.22. The minimum atomic E-state index is -0.328. The Labute approximate surface area is 78.3 Å². The smallest absolute Gasteiger partial charge is 0.119 e. The Bertz CT molecular complexity index is 191. The molecule has 3 nitrogen and oxygen atoms in total. The van der Waals surface area contributed by atoms with Crippen molar-refractivity contribution < 1.29 is 14.9 Å². The molecule has 0 spiro atoms. The molecular weight excluding hydrogens is 168 g/mol. The summed E-state index contributed by atoms with van der Waals surface area (Å²) in [5.74, 6) is 0. The van der Waals surface area contributed by atoms with E-state index in [0.717, 1.165) is 32.1 Å². The summed E-state index contributed by atoms with van der Waals surface area (Å²) >= 11 is 0. The fraction of sp³-hybridized carbons (Fsp3) is 0.800. The van der Waals surface area contributed by atoms with Gasteiger partial charge in [0, 0.05) is 0 Å². The first-order valence-electron chi connectivity index (χ1n) is 5.03. The first-order valence-corrected chi connectivity index (χ1v) is 5.03. The maximum absolute atomic E-state index is 9.44. The lowest BCUT2D eigenvalue weighted by atomic mass is 10.3. The average molecular weight is 184 g/mol. The van der Waals surface area contributed by atoms with Crippen LogP contribution >= 0.6 is 0 Å². The Kier molecular flexibility index (Phi) is 2.98. The van der Waals surface area contributed by atoms with Gasteiger partial charge in [0.25, 0.3) is 0 Å². The Morgan fingerprint density at radius 2 is 2.08 bits per heavy atom. The van der Waals surface area contributed by atoms with Crippen LogP contribution in [0.5, 0.6) is 0 Å². The van der Waals surface area contributed by atoms with Gasteiger partial charge in [-0.3, -0.25) is 0 Å². The molecule has 1 N–H and O–H groups in total. The lowest BCUT2D eigenvalue weighted by molar-refractivity contribution is -0.350. The van der Waals surface area contributed by atoms with Gasteiger partial charge in [-0.2, -0.15) is 0 Å². The molecule has 2 aliphatic carbocycles. The molecule has 13 heavy (non-hydrogen) atoms. The molecule has 0 aromatic rings. The van der Waals surface area contributed by atoms with Crippen molar-refractivity contribution in [1.82, 2.24) is 0 Å². The summed E-state index contributed by atoms with van der Waals surface area (Å²) in [6.07, 6.45) is 8.65. The second-order valence-electron chi connectivity index (χ2n) is 3.77. The van der Waals surface area contributed by atoms with Crippen LogP contribution in [0.2, 0.25) is 0 Å². The van der Waals surface area contributed by atoms with Gasteiger partial charge in [-0.1, -0.05) is 12.2 Å². The molecule has 0 saturated heterocycles. The van der Waals surface area contributed by atoms with Crippen molar-refractivity contribution in [3.63, 3.8) is 0 Å². The van der Waals surface area contributed by atoms with E-state index >= 15 is 0 Å². The fourth-order valence-corrected chi connectivity index (χ4v) is 1.85. The fourth-order valence-electron chi connectivity index (χ4n) is 1.85. The molecule has 0 amide bonds. The molecule has 1 fully saturated rings. The Morgan fingerprint density at radius 3 is 2.69 bits per heavy atom. The first kappa shape index (κ1) is 9.19. The van der Waals surface area contributed by atoms with Crippen LogP contribution < -0.4 is 0 Å². The van der Waals surface area contributed by atoms with Crippen LogP contribution in [0.25, 0.3) is 0 Å². The zero-order valence-electron chi connectivity index (χ0n) is 7.69. The largest absolute Gasteiger partial charge is 0.390 e. The van der Waals surface area contributed by atoms with E-state index in [1.165, 1.54) is 0 Å². The lowest BCUT2D eigenvalue weighted by Gasteiger charge is -2.16. The van der Waals surface area contributed by atoms with E-state index in [9.17, 15) is 5.11 Å². The summed E-state index contributed by atoms with van der Waals surface area (Å²) in [7, 11) is 0. The van der Waals surface area contributed by atoms with E-state index in [0.29, 0.717) is 0 Å². The van der Waals surface area contributed by atoms with Gasteiger partial charge in [0.1, 0.15) is 12.2 Å². The van der Waals surface area contributed by atoms with Crippen LogP contribution in [-0.4, -0.2) is 23.4 Å². The van der Waals surface area contributed by atoms with Gasteiger partial charge in [-0.05, 0) is 32.1 Å². The molecule has 3 heteroatoms. The van der Waals surface area contributed by atoms with Gasteiger partial charge in [-0.25, -0.2) is 9.78 Å². The third-order valence-corrected chi connectivity index (χ3v) is 2.69. The van der Waals surface area contributed by atoms with Crippen molar-refractivity contribution >= 4 is 0 Å². The predicted molar refractivity (Wildman–Crippen MR) is 48.0 cm³/mol. The standard InChI is InChI=1S/C10H16O3/c11-9-6-3-7-10(9)13-12-8-4-1-2-5-8/h1,4,8-11H,2-3,5-7H2. The van der Waals surface area contributed by atoms with E-state index < -0.39 is 0 Å². The lowest BCUT2D eigenvalue weighted by Crippen LogP contribution is -2.24. The SMILES string of the molecule is OC1CCCC1OOC1C=CCC1. The van der Waals surface area contributed by atoms with Crippen molar-refractivity contribution in [3.8, 4) is 0 Å². The highest BCUT2D eigenvalue weighted by atomic mass is 17.2. The molecule has 0 radical (unpaired) electrons. The third kappa shape index (κ3) is 2.30. The van der Waals surface area contributed by atoms with Gasteiger partial charge in [-0.15, -0.1) is 0 Å². The van der Waals surface area contributed by atoms with Gasteiger partial charge < -0.3 is 5.11 Å². The average Bonchev–Trinajstić information content (AvgIpc) is 2.72. The maximum Gasteiger partial charge on any atom is 0.119 e. The first-order chi connectivity index (χ1) is 6.36. The van der Waals surface area contributed by atoms with E-state index in [4.69, 9.17) is 9.78 Å². The molecule has 0 bridgehead atoms. The molecule has 0 heterocycles. The van der Waals surface area contributed by atoms with Crippen molar-refractivity contribution in [2.24, 2.45) is 0 Å². The number of aliphatic hydroxyl groups is 1. The molecule has 0 aliphatic heterocycles. The van der Waals surface area contributed by atoms with Crippen LogP contribution in [0, 0.1) is 0 Å². The highest BCUT2D eigenvalue weighted by Gasteiger charge is 2.27. The molecule has 74 valence electrons. The predicted octanol–water partition coefficient (Wildman–Crippen LogP) is 1.57. The van der Waals surface area contributed by atoms with Gasteiger partial charge in [0.2, 0.25) is 0 Å². The van der Waals surface area contributed by atoms with Crippen LogP contribution in [-0.2, 0) is 9.78 Å². The van der Waals surface area contributed by atoms with Crippen LogP contribution in [0.4, 0.5) is 0 Å². The number of allylic oxidation sites excluding steroid dienone is 1. The summed E-state index contributed by atoms with van der Waals surface area (Å²) in [6.45, 7) is 0. The molecule has 2 aliphatic rings. The monoisotopic (exact) mass is 184 g/mol.